The van der Waals surface area contributed by atoms with Gasteiger partial charge in [0.05, 0.1) is 0 Å². The fraction of sp³-hybridized carbons (Fsp3) is 0.455. The maximum absolute atomic E-state index is 2.73. The zero-order valence-electron chi connectivity index (χ0n) is 14.2. The van der Waals surface area contributed by atoms with E-state index < -0.39 is 0 Å². The normalized spacial score (nSPS) is 21.3. The molecule has 120 valence electrons. The van der Waals surface area contributed by atoms with Gasteiger partial charge in [-0.2, -0.15) is 0 Å². The summed E-state index contributed by atoms with van der Waals surface area (Å²) in [6.45, 7) is 4.89. The highest BCUT2D eigenvalue weighted by molar-refractivity contribution is 5.68. The fourth-order valence-electron chi connectivity index (χ4n) is 4.43. The van der Waals surface area contributed by atoms with Crippen molar-refractivity contribution in [2.45, 2.75) is 51.5 Å². The molecule has 1 unspecified atom stereocenters. The second kappa shape index (κ2) is 6.49. The van der Waals surface area contributed by atoms with E-state index in [4.69, 9.17) is 0 Å². The van der Waals surface area contributed by atoms with Crippen LogP contribution in [0.2, 0.25) is 0 Å². The van der Waals surface area contributed by atoms with Crippen molar-refractivity contribution in [1.82, 2.24) is 4.90 Å². The molecule has 1 aliphatic heterocycles. The maximum atomic E-state index is 2.73. The molecule has 2 aliphatic rings. The summed E-state index contributed by atoms with van der Waals surface area (Å²) in [4.78, 5) is 2.73. The molecular weight excluding hydrogens is 278 g/mol. The molecule has 2 aromatic rings. The predicted molar refractivity (Wildman–Crippen MR) is 97.9 cm³/mol. The number of benzene rings is 2. The van der Waals surface area contributed by atoms with Gasteiger partial charge in [-0.3, -0.25) is 0 Å². The van der Waals surface area contributed by atoms with E-state index >= 15 is 0 Å². The van der Waals surface area contributed by atoms with Crippen molar-refractivity contribution in [2.75, 3.05) is 13.1 Å². The van der Waals surface area contributed by atoms with Crippen LogP contribution in [0.5, 0.6) is 0 Å². The third kappa shape index (κ3) is 2.95. The molecule has 23 heavy (non-hydrogen) atoms. The van der Waals surface area contributed by atoms with Crippen molar-refractivity contribution >= 4 is 0 Å². The summed E-state index contributed by atoms with van der Waals surface area (Å²) < 4.78 is 0. The first-order chi connectivity index (χ1) is 11.3. The van der Waals surface area contributed by atoms with Crippen LogP contribution in [0.15, 0.2) is 42.5 Å². The first-order valence-corrected chi connectivity index (χ1v) is 9.29. The lowest BCUT2D eigenvalue weighted by Crippen LogP contribution is -2.37. The van der Waals surface area contributed by atoms with Crippen molar-refractivity contribution in [3.8, 4) is 11.1 Å². The molecule has 0 bridgehead atoms. The monoisotopic (exact) mass is 305 g/mol. The van der Waals surface area contributed by atoms with Gasteiger partial charge in [0.2, 0.25) is 0 Å². The van der Waals surface area contributed by atoms with E-state index in [0.717, 1.165) is 12.5 Å². The second-order valence-corrected chi connectivity index (χ2v) is 7.13. The Morgan fingerprint density at radius 1 is 1.00 bits per heavy atom. The topological polar surface area (TPSA) is 3.24 Å². The van der Waals surface area contributed by atoms with Gasteiger partial charge in [-0.05, 0) is 79.4 Å². The second-order valence-electron chi connectivity index (χ2n) is 7.13. The highest BCUT2D eigenvalue weighted by Crippen LogP contribution is 2.31. The molecule has 1 fully saturated rings. The zero-order chi connectivity index (χ0) is 15.6. The van der Waals surface area contributed by atoms with Crippen LogP contribution in [0.25, 0.3) is 11.1 Å². The molecule has 1 heteroatoms. The van der Waals surface area contributed by atoms with Gasteiger partial charge in [-0.1, -0.05) is 49.4 Å². The number of fused-ring (bicyclic) bond motifs is 1. The van der Waals surface area contributed by atoms with Crippen LogP contribution in [-0.4, -0.2) is 24.0 Å². The maximum Gasteiger partial charge on any atom is 0.0139 e. The van der Waals surface area contributed by atoms with Crippen molar-refractivity contribution in [1.29, 1.82) is 0 Å². The number of rotatable bonds is 3. The lowest BCUT2D eigenvalue weighted by molar-refractivity contribution is 0.222. The molecule has 0 amide bonds. The van der Waals surface area contributed by atoms with Crippen molar-refractivity contribution in [3.05, 3.63) is 59.2 Å². The average Bonchev–Trinajstić information content (AvgIpc) is 3.15. The highest BCUT2D eigenvalue weighted by Gasteiger charge is 2.26. The van der Waals surface area contributed by atoms with E-state index in [9.17, 15) is 0 Å². The molecule has 4 rings (SSSR count). The molecule has 1 aliphatic carbocycles. The van der Waals surface area contributed by atoms with Crippen LogP contribution in [0, 0.1) is 0 Å². The Bertz CT molecular complexity index is 682. The largest absolute Gasteiger partial charge is 0.300 e. The molecule has 1 saturated heterocycles. The molecule has 1 heterocycles. The summed E-state index contributed by atoms with van der Waals surface area (Å²) in [5.41, 5.74) is 7.45. The fourth-order valence-corrected chi connectivity index (χ4v) is 4.43. The molecule has 2 aromatic carbocycles. The minimum absolute atomic E-state index is 0.791. The molecule has 0 spiro atoms. The van der Waals surface area contributed by atoms with E-state index in [1.807, 2.05) is 0 Å². The van der Waals surface area contributed by atoms with Gasteiger partial charge in [-0.15, -0.1) is 0 Å². The molecule has 0 radical (unpaired) electrons. The summed E-state index contributed by atoms with van der Waals surface area (Å²) in [6, 6.07) is 16.9. The zero-order valence-corrected chi connectivity index (χ0v) is 14.2. The number of nitrogens with zero attached hydrogens (tertiary/aromatic N) is 1. The Balaban J connectivity index is 1.60. The summed E-state index contributed by atoms with van der Waals surface area (Å²) in [7, 11) is 0. The van der Waals surface area contributed by atoms with Crippen LogP contribution in [-0.2, 0) is 19.3 Å². The summed E-state index contributed by atoms with van der Waals surface area (Å²) >= 11 is 0. The van der Waals surface area contributed by atoms with Crippen LogP contribution < -0.4 is 0 Å². The average molecular weight is 305 g/mol. The van der Waals surface area contributed by atoms with Gasteiger partial charge in [0, 0.05) is 6.04 Å². The molecular formula is C22H27N. The van der Waals surface area contributed by atoms with Crippen molar-refractivity contribution in [3.63, 3.8) is 0 Å². The first kappa shape index (κ1) is 15.0. The third-order valence-corrected chi connectivity index (χ3v) is 5.78. The Kier molecular flexibility index (Phi) is 4.22. The van der Waals surface area contributed by atoms with Crippen molar-refractivity contribution < 1.29 is 0 Å². The van der Waals surface area contributed by atoms with Crippen LogP contribution in [0.4, 0.5) is 0 Å². The van der Waals surface area contributed by atoms with E-state index in [2.05, 4.69) is 54.3 Å². The number of aryl methyl sites for hydroxylation is 2. The summed E-state index contributed by atoms with van der Waals surface area (Å²) in [5.74, 6) is 0. The van der Waals surface area contributed by atoms with E-state index in [1.165, 1.54) is 61.9 Å². The number of hydrogen-bond donors (Lipinski definition) is 0. The van der Waals surface area contributed by atoms with Crippen LogP contribution in [0.1, 0.15) is 42.9 Å². The number of likely N-dealkylation sites (tertiary alicyclic amines) is 1. The predicted octanol–water partition coefficient (Wildman–Crippen LogP) is 4.87. The van der Waals surface area contributed by atoms with Gasteiger partial charge in [-0.25, -0.2) is 0 Å². The lowest BCUT2D eigenvalue weighted by Gasteiger charge is -2.32. The van der Waals surface area contributed by atoms with Gasteiger partial charge in [0.1, 0.15) is 0 Å². The van der Waals surface area contributed by atoms with Crippen LogP contribution in [0.3, 0.4) is 0 Å². The minimum atomic E-state index is 0.791. The Labute approximate surface area is 140 Å². The van der Waals surface area contributed by atoms with Gasteiger partial charge in [0.25, 0.3) is 0 Å². The molecule has 1 nitrogen and oxygen atoms in total. The minimum Gasteiger partial charge on any atom is -0.300 e. The lowest BCUT2D eigenvalue weighted by atomic mass is 9.85. The van der Waals surface area contributed by atoms with E-state index in [0.29, 0.717) is 0 Å². The van der Waals surface area contributed by atoms with Gasteiger partial charge < -0.3 is 4.90 Å². The summed E-state index contributed by atoms with van der Waals surface area (Å²) in [6.07, 6.45) is 7.74. The Morgan fingerprint density at radius 3 is 2.65 bits per heavy atom. The van der Waals surface area contributed by atoms with Crippen molar-refractivity contribution in [2.24, 2.45) is 0 Å². The molecule has 0 aromatic heterocycles. The number of hydrogen-bond acceptors (Lipinski definition) is 1. The Hall–Kier alpha value is -1.60. The third-order valence-electron chi connectivity index (χ3n) is 5.78. The Morgan fingerprint density at radius 2 is 1.83 bits per heavy atom. The smallest absolute Gasteiger partial charge is 0.0139 e. The summed E-state index contributed by atoms with van der Waals surface area (Å²) in [5, 5.41) is 0. The molecule has 0 saturated carbocycles. The molecule has 0 N–H and O–H groups in total. The van der Waals surface area contributed by atoms with Crippen LogP contribution >= 0.6 is 0 Å². The highest BCUT2D eigenvalue weighted by atomic mass is 15.2. The quantitative estimate of drug-likeness (QED) is 0.782. The standard InChI is InChI=1S/C22H27N/c1-2-17-7-3-4-8-22(17)20-10-9-19-16-21(12-11-18(19)15-20)23-13-5-6-14-23/h3-4,7-10,15,21H,2,5-6,11-14,16H2,1H3. The SMILES string of the molecule is CCc1ccccc1-c1ccc2c(c1)CCC(N1CCCC1)C2. The first-order valence-electron chi connectivity index (χ1n) is 9.29. The van der Waals surface area contributed by atoms with E-state index in [-0.39, 0.29) is 0 Å². The van der Waals surface area contributed by atoms with E-state index in [1.54, 1.807) is 11.1 Å². The van der Waals surface area contributed by atoms with Gasteiger partial charge in [0.15, 0.2) is 0 Å². The van der Waals surface area contributed by atoms with Gasteiger partial charge >= 0.3 is 0 Å². The molecule has 1 atom stereocenters.